The number of nitrogens with one attached hydrogen (secondary N) is 1. The smallest absolute Gasteiger partial charge is 0.0791 e. The fraction of sp³-hybridized carbons (Fsp3) is 0.368. The first-order valence-electron chi connectivity index (χ1n) is 8.23. The van der Waals surface area contributed by atoms with Crippen LogP contribution in [0.4, 0.5) is 0 Å². The molecule has 0 aromatic heterocycles. The molecule has 128 valence electrons. The standard InChI is InChI=1S/C19H22Cl2N2O/c20-18-6-5-14(9-19(18)21)10-22-11-17(24)13-23-8-7-15-3-1-2-4-16(15)12-23/h1-6,9,17,22,24H,7-8,10-13H2. The van der Waals surface area contributed by atoms with Crippen molar-refractivity contribution in [3.05, 3.63) is 69.2 Å². The quantitative estimate of drug-likeness (QED) is 0.823. The molecule has 2 N–H and O–H groups in total. The van der Waals surface area contributed by atoms with Gasteiger partial charge in [-0.15, -0.1) is 0 Å². The maximum atomic E-state index is 10.3. The minimum absolute atomic E-state index is 0.391. The molecule has 3 nitrogen and oxygen atoms in total. The van der Waals surface area contributed by atoms with Crippen LogP contribution in [-0.2, 0) is 19.5 Å². The van der Waals surface area contributed by atoms with Gasteiger partial charge in [0.2, 0.25) is 0 Å². The summed E-state index contributed by atoms with van der Waals surface area (Å²) >= 11 is 11.9. The second-order valence-corrected chi connectivity index (χ2v) is 7.10. The van der Waals surface area contributed by atoms with Gasteiger partial charge in [0.1, 0.15) is 0 Å². The topological polar surface area (TPSA) is 35.5 Å². The lowest BCUT2D eigenvalue weighted by atomic mass is 10.00. The van der Waals surface area contributed by atoms with Crippen LogP contribution in [0.2, 0.25) is 10.0 Å². The number of rotatable bonds is 6. The zero-order valence-corrected chi connectivity index (χ0v) is 15.0. The molecule has 0 saturated carbocycles. The summed E-state index contributed by atoms with van der Waals surface area (Å²) in [5.74, 6) is 0. The van der Waals surface area contributed by atoms with Crippen molar-refractivity contribution in [2.45, 2.75) is 25.6 Å². The van der Waals surface area contributed by atoms with Gasteiger partial charge in [0.05, 0.1) is 16.1 Å². The Balaban J connectivity index is 1.43. The SMILES string of the molecule is OC(CNCc1ccc(Cl)c(Cl)c1)CN1CCc2ccccc2C1. The van der Waals surface area contributed by atoms with Gasteiger partial charge in [-0.1, -0.05) is 53.5 Å². The van der Waals surface area contributed by atoms with Gasteiger partial charge in [-0.3, -0.25) is 4.90 Å². The summed E-state index contributed by atoms with van der Waals surface area (Å²) in [6, 6.07) is 14.1. The van der Waals surface area contributed by atoms with Crippen LogP contribution >= 0.6 is 23.2 Å². The molecule has 0 fully saturated rings. The zero-order chi connectivity index (χ0) is 16.9. The summed E-state index contributed by atoms with van der Waals surface area (Å²) in [5, 5.41) is 14.7. The Labute approximate surface area is 153 Å². The average molecular weight is 365 g/mol. The highest BCUT2D eigenvalue weighted by Gasteiger charge is 2.18. The van der Waals surface area contributed by atoms with Crippen molar-refractivity contribution in [2.24, 2.45) is 0 Å². The molecule has 1 atom stereocenters. The van der Waals surface area contributed by atoms with Crippen LogP contribution in [0.15, 0.2) is 42.5 Å². The summed E-state index contributed by atoms with van der Waals surface area (Å²) in [6.07, 6.45) is 0.664. The number of β-amino-alcohol motifs (C(OH)–C–C–N with tert-alkyl or cyclic N) is 1. The number of halogens is 2. The van der Waals surface area contributed by atoms with Gasteiger partial charge in [-0.2, -0.15) is 0 Å². The lowest BCUT2D eigenvalue weighted by molar-refractivity contribution is 0.104. The van der Waals surface area contributed by atoms with Gasteiger partial charge < -0.3 is 10.4 Å². The highest BCUT2D eigenvalue weighted by atomic mass is 35.5. The van der Waals surface area contributed by atoms with Gasteiger partial charge in [0, 0.05) is 32.7 Å². The van der Waals surface area contributed by atoms with E-state index in [1.54, 1.807) is 6.07 Å². The monoisotopic (exact) mass is 364 g/mol. The van der Waals surface area contributed by atoms with Crippen LogP contribution in [0, 0.1) is 0 Å². The second kappa shape index (κ2) is 8.32. The lowest BCUT2D eigenvalue weighted by Crippen LogP contribution is -2.40. The van der Waals surface area contributed by atoms with Crippen molar-refractivity contribution in [2.75, 3.05) is 19.6 Å². The molecular weight excluding hydrogens is 343 g/mol. The highest BCUT2D eigenvalue weighted by molar-refractivity contribution is 6.42. The number of fused-ring (bicyclic) bond motifs is 1. The van der Waals surface area contributed by atoms with E-state index in [0.29, 0.717) is 29.7 Å². The summed E-state index contributed by atoms with van der Waals surface area (Å²) in [5.41, 5.74) is 3.86. The largest absolute Gasteiger partial charge is 0.390 e. The molecule has 5 heteroatoms. The molecule has 3 rings (SSSR count). The van der Waals surface area contributed by atoms with Crippen molar-refractivity contribution in [1.29, 1.82) is 0 Å². The zero-order valence-electron chi connectivity index (χ0n) is 13.5. The van der Waals surface area contributed by atoms with Gasteiger partial charge in [-0.05, 0) is 35.2 Å². The van der Waals surface area contributed by atoms with Crippen LogP contribution < -0.4 is 5.32 Å². The van der Waals surface area contributed by atoms with E-state index in [1.165, 1.54) is 11.1 Å². The fourth-order valence-electron chi connectivity index (χ4n) is 3.11. The summed E-state index contributed by atoms with van der Waals surface area (Å²) in [7, 11) is 0. The maximum absolute atomic E-state index is 10.3. The minimum Gasteiger partial charge on any atom is -0.390 e. The molecule has 0 bridgehead atoms. The lowest BCUT2D eigenvalue weighted by Gasteiger charge is -2.30. The minimum atomic E-state index is -0.391. The number of aliphatic hydroxyl groups excluding tert-OH is 1. The Hall–Kier alpha value is -1.10. The summed E-state index contributed by atoms with van der Waals surface area (Å²) in [6.45, 7) is 3.82. The third-order valence-electron chi connectivity index (χ3n) is 4.37. The Bertz CT molecular complexity index is 693. The van der Waals surface area contributed by atoms with Gasteiger partial charge >= 0.3 is 0 Å². The molecule has 1 aliphatic heterocycles. The van der Waals surface area contributed by atoms with Crippen LogP contribution in [0.5, 0.6) is 0 Å². The Morgan fingerprint density at radius 3 is 2.67 bits per heavy atom. The van der Waals surface area contributed by atoms with E-state index in [-0.39, 0.29) is 0 Å². The molecule has 1 aliphatic rings. The molecule has 1 heterocycles. The number of hydrogen-bond acceptors (Lipinski definition) is 3. The summed E-state index contributed by atoms with van der Waals surface area (Å²) < 4.78 is 0. The van der Waals surface area contributed by atoms with E-state index in [4.69, 9.17) is 23.2 Å². The Morgan fingerprint density at radius 1 is 1.08 bits per heavy atom. The normalized spacial score (nSPS) is 16.0. The van der Waals surface area contributed by atoms with Crippen molar-refractivity contribution >= 4 is 23.2 Å². The number of benzene rings is 2. The van der Waals surface area contributed by atoms with Crippen LogP contribution in [-0.4, -0.2) is 35.7 Å². The van der Waals surface area contributed by atoms with Crippen molar-refractivity contribution < 1.29 is 5.11 Å². The third kappa shape index (κ3) is 4.71. The molecule has 2 aromatic carbocycles. The molecule has 1 unspecified atom stereocenters. The first kappa shape index (κ1) is 17.7. The molecule has 2 aromatic rings. The van der Waals surface area contributed by atoms with Gasteiger partial charge in [0.15, 0.2) is 0 Å². The highest BCUT2D eigenvalue weighted by Crippen LogP contribution is 2.22. The van der Waals surface area contributed by atoms with E-state index in [2.05, 4.69) is 34.5 Å². The summed E-state index contributed by atoms with van der Waals surface area (Å²) in [4.78, 5) is 2.31. The van der Waals surface area contributed by atoms with Crippen LogP contribution in [0.3, 0.4) is 0 Å². The van der Waals surface area contributed by atoms with E-state index < -0.39 is 6.10 Å². The van der Waals surface area contributed by atoms with Crippen molar-refractivity contribution in [3.63, 3.8) is 0 Å². The Morgan fingerprint density at radius 2 is 1.88 bits per heavy atom. The molecule has 0 amide bonds. The predicted octanol–water partition coefficient (Wildman–Crippen LogP) is 3.50. The second-order valence-electron chi connectivity index (χ2n) is 6.29. The van der Waals surface area contributed by atoms with E-state index >= 15 is 0 Å². The van der Waals surface area contributed by atoms with Crippen molar-refractivity contribution in [3.8, 4) is 0 Å². The molecular formula is C19H22Cl2N2O. The fourth-order valence-corrected chi connectivity index (χ4v) is 3.43. The third-order valence-corrected chi connectivity index (χ3v) is 5.11. The number of nitrogens with zero attached hydrogens (tertiary/aromatic N) is 1. The van der Waals surface area contributed by atoms with Crippen molar-refractivity contribution in [1.82, 2.24) is 10.2 Å². The van der Waals surface area contributed by atoms with E-state index in [9.17, 15) is 5.11 Å². The number of aliphatic hydroxyl groups is 1. The molecule has 0 spiro atoms. The van der Waals surface area contributed by atoms with Crippen LogP contribution in [0.1, 0.15) is 16.7 Å². The Kier molecular flexibility index (Phi) is 6.14. The van der Waals surface area contributed by atoms with Gasteiger partial charge in [0.25, 0.3) is 0 Å². The average Bonchev–Trinajstić information content (AvgIpc) is 2.58. The molecule has 0 radical (unpaired) electrons. The maximum Gasteiger partial charge on any atom is 0.0791 e. The van der Waals surface area contributed by atoms with E-state index in [1.807, 2.05) is 12.1 Å². The molecule has 0 saturated heterocycles. The first-order valence-corrected chi connectivity index (χ1v) is 8.99. The van der Waals surface area contributed by atoms with Crippen LogP contribution in [0.25, 0.3) is 0 Å². The van der Waals surface area contributed by atoms with Gasteiger partial charge in [-0.25, -0.2) is 0 Å². The first-order chi connectivity index (χ1) is 11.6. The number of hydrogen-bond donors (Lipinski definition) is 2. The van der Waals surface area contributed by atoms with E-state index in [0.717, 1.165) is 25.1 Å². The molecule has 0 aliphatic carbocycles. The predicted molar refractivity (Wildman–Crippen MR) is 99.6 cm³/mol. The molecule has 24 heavy (non-hydrogen) atoms.